The van der Waals surface area contributed by atoms with Gasteiger partial charge >= 0.3 is 0 Å². The van der Waals surface area contributed by atoms with E-state index in [0.717, 1.165) is 27.1 Å². The van der Waals surface area contributed by atoms with Crippen molar-refractivity contribution < 1.29 is 0 Å². The highest BCUT2D eigenvalue weighted by Gasteiger charge is 2.27. The van der Waals surface area contributed by atoms with Gasteiger partial charge in [-0.25, -0.2) is 0 Å². The van der Waals surface area contributed by atoms with Crippen LogP contribution in [0.15, 0.2) is 30.3 Å². The fraction of sp³-hybridized carbons (Fsp3) is 0.333. The molecule has 0 radical (unpaired) electrons. The lowest BCUT2D eigenvalue weighted by Crippen LogP contribution is -2.18. The molecule has 0 saturated heterocycles. The van der Waals surface area contributed by atoms with Gasteiger partial charge in [0.1, 0.15) is 0 Å². The van der Waals surface area contributed by atoms with Crippen LogP contribution in [-0.2, 0) is 12.8 Å². The number of benzene rings is 1. The SMILES string of the molecule is Clc1cc(C(Br)C2CCc3ccccc3C2)c(Cl)s1. The normalized spacial score (nSPS) is 20.1. The van der Waals surface area contributed by atoms with Gasteiger partial charge in [-0.15, -0.1) is 11.3 Å². The van der Waals surface area contributed by atoms with E-state index in [1.807, 2.05) is 6.07 Å². The molecule has 0 spiro atoms. The van der Waals surface area contributed by atoms with Gasteiger partial charge in [0.15, 0.2) is 0 Å². The number of rotatable bonds is 2. The standard InChI is InChI=1S/C15H13BrCl2S/c16-14(12-8-13(17)19-15(12)18)11-6-5-9-3-1-2-4-10(9)7-11/h1-4,8,11,14H,5-7H2. The zero-order valence-electron chi connectivity index (χ0n) is 10.2. The van der Waals surface area contributed by atoms with Crippen LogP contribution in [0.1, 0.15) is 27.9 Å². The number of aryl methyl sites for hydroxylation is 1. The molecule has 4 heteroatoms. The van der Waals surface area contributed by atoms with Crippen molar-refractivity contribution in [1.29, 1.82) is 0 Å². The summed E-state index contributed by atoms with van der Waals surface area (Å²) in [5, 5.41) is 0. The van der Waals surface area contributed by atoms with E-state index in [-0.39, 0.29) is 4.83 Å². The molecule has 0 saturated carbocycles. The molecule has 2 aromatic rings. The van der Waals surface area contributed by atoms with Gasteiger partial charge in [0.25, 0.3) is 0 Å². The predicted molar refractivity (Wildman–Crippen MR) is 88.0 cm³/mol. The molecule has 100 valence electrons. The molecule has 2 atom stereocenters. The summed E-state index contributed by atoms with van der Waals surface area (Å²) in [5.41, 5.74) is 4.11. The number of halogens is 3. The van der Waals surface area contributed by atoms with Crippen molar-refractivity contribution in [1.82, 2.24) is 0 Å². The molecule has 3 rings (SSSR count). The van der Waals surface area contributed by atoms with Crippen LogP contribution in [0.3, 0.4) is 0 Å². The minimum absolute atomic E-state index is 0.289. The van der Waals surface area contributed by atoms with Crippen molar-refractivity contribution in [2.24, 2.45) is 5.92 Å². The van der Waals surface area contributed by atoms with Crippen LogP contribution in [0.5, 0.6) is 0 Å². The Kier molecular flexibility index (Phi) is 4.23. The van der Waals surface area contributed by atoms with Crippen molar-refractivity contribution in [3.05, 3.63) is 55.7 Å². The summed E-state index contributed by atoms with van der Waals surface area (Å²) in [6.45, 7) is 0. The highest BCUT2D eigenvalue weighted by Crippen LogP contribution is 2.45. The highest BCUT2D eigenvalue weighted by atomic mass is 79.9. The predicted octanol–water partition coefficient (Wildman–Crippen LogP) is 6.30. The second-order valence-corrected chi connectivity index (χ2v) is 8.22. The quantitative estimate of drug-likeness (QED) is 0.540. The molecule has 1 aliphatic rings. The lowest BCUT2D eigenvalue weighted by Gasteiger charge is -2.28. The average Bonchev–Trinajstić information content (AvgIpc) is 2.76. The van der Waals surface area contributed by atoms with Gasteiger partial charge in [0.05, 0.1) is 8.67 Å². The Balaban J connectivity index is 1.83. The summed E-state index contributed by atoms with van der Waals surface area (Å²) < 4.78 is 1.58. The van der Waals surface area contributed by atoms with E-state index < -0.39 is 0 Å². The third-order valence-corrected chi connectivity index (χ3v) is 6.54. The summed E-state index contributed by atoms with van der Waals surface area (Å²) in [7, 11) is 0. The Morgan fingerprint density at radius 2 is 1.95 bits per heavy atom. The van der Waals surface area contributed by atoms with Gasteiger partial charge in [-0.2, -0.15) is 0 Å². The van der Waals surface area contributed by atoms with Crippen molar-refractivity contribution in [2.45, 2.75) is 24.1 Å². The third kappa shape index (κ3) is 2.87. The van der Waals surface area contributed by atoms with E-state index in [1.165, 1.54) is 28.9 Å². The molecule has 2 unspecified atom stereocenters. The molecule has 0 amide bonds. The Morgan fingerprint density at radius 1 is 1.21 bits per heavy atom. The van der Waals surface area contributed by atoms with Crippen LogP contribution in [0.4, 0.5) is 0 Å². The number of thiophene rings is 1. The topological polar surface area (TPSA) is 0 Å². The zero-order chi connectivity index (χ0) is 13.4. The van der Waals surface area contributed by atoms with E-state index in [4.69, 9.17) is 23.2 Å². The highest BCUT2D eigenvalue weighted by molar-refractivity contribution is 9.09. The van der Waals surface area contributed by atoms with Gasteiger partial charge in [-0.1, -0.05) is 63.4 Å². The molecule has 19 heavy (non-hydrogen) atoms. The van der Waals surface area contributed by atoms with Crippen LogP contribution >= 0.6 is 50.5 Å². The fourth-order valence-electron chi connectivity index (χ4n) is 2.77. The van der Waals surface area contributed by atoms with E-state index in [2.05, 4.69) is 40.2 Å². The van der Waals surface area contributed by atoms with Crippen molar-refractivity contribution in [3.63, 3.8) is 0 Å². The Bertz CT molecular complexity index is 594. The molecule has 0 fully saturated rings. The number of alkyl halides is 1. The molecular weight excluding hydrogens is 363 g/mol. The van der Waals surface area contributed by atoms with Crippen LogP contribution in [0.2, 0.25) is 8.67 Å². The minimum atomic E-state index is 0.289. The second-order valence-electron chi connectivity index (χ2n) is 4.95. The third-order valence-electron chi connectivity index (χ3n) is 3.78. The van der Waals surface area contributed by atoms with Gasteiger partial charge in [-0.3, -0.25) is 0 Å². The van der Waals surface area contributed by atoms with Crippen LogP contribution < -0.4 is 0 Å². The Hall–Kier alpha value is -0.0200. The number of hydrogen-bond donors (Lipinski definition) is 0. The van der Waals surface area contributed by atoms with E-state index in [1.54, 1.807) is 0 Å². The maximum absolute atomic E-state index is 6.26. The molecule has 1 heterocycles. The number of hydrogen-bond acceptors (Lipinski definition) is 1. The summed E-state index contributed by atoms with van der Waals surface area (Å²) >= 11 is 17.6. The van der Waals surface area contributed by atoms with Gasteiger partial charge in [0.2, 0.25) is 0 Å². The summed E-state index contributed by atoms with van der Waals surface area (Å²) in [6.07, 6.45) is 3.45. The molecular formula is C15H13BrCl2S. The van der Waals surface area contributed by atoms with E-state index >= 15 is 0 Å². The monoisotopic (exact) mass is 374 g/mol. The molecule has 1 aromatic heterocycles. The van der Waals surface area contributed by atoms with Crippen molar-refractivity contribution in [2.75, 3.05) is 0 Å². The van der Waals surface area contributed by atoms with Crippen LogP contribution in [0.25, 0.3) is 0 Å². The number of fused-ring (bicyclic) bond motifs is 1. The molecule has 0 bridgehead atoms. The molecule has 1 aliphatic carbocycles. The first kappa shape index (κ1) is 13.9. The Labute approximate surface area is 135 Å². The molecule has 0 nitrogen and oxygen atoms in total. The maximum atomic E-state index is 6.26. The van der Waals surface area contributed by atoms with E-state index in [9.17, 15) is 0 Å². The molecule has 0 N–H and O–H groups in total. The van der Waals surface area contributed by atoms with E-state index in [0.29, 0.717) is 5.92 Å². The second kappa shape index (κ2) is 5.77. The van der Waals surface area contributed by atoms with Gasteiger partial charge in [0, 0.05) is 4.83 Å². The summed E-state index contributed by atoms with van der Waals surface area (Å²) in [6, 6.07) is 10.7. The van der Waals surface area contributed by atoms with Crippen LogP contribution in [-0.4, -0.2) is 0 Å². The van der Waals surface area contributed by atoms with Crippen molar-refractivity contribution in [3.8, 4) is 0 Å². The molecule has 1 aromatic carbocycles. The summed E-state index contributed by atoms with van der Waals surface area (Å²) in [4.78, 5) is 0.289. The minimum Gasteiger partial charge on any atom is -0.111 e. The van der Waals surface area contributed by atoms with Crippen LogP contribution in [0, 0.1) is 5.92 Å². The van der Waals surface area contributed by atoms with Gasteiger partial charge < -0.3 is 0 Å². The summed E-state index contributed by atoms with van der Waals surface area (Å²) in [5.74, 6) is 0.582. The first-order chi connectivity index (χ1) is 9.15. The first-order valence-corrected chi connectivity index (χ1v) is 8.79. The Morgan fingerprint density at radius 3 is 2.63 bits per heavy atom. The smallest absolute Gasteiger partial charge is 0.0987 e. The lowest BCUT2D eigenvalue weighted by molar-refractivity contribution is 0.453. The maximum Gasteiger partial charge on any atom is 0.0987 e. The average molecular weight is 376 g/mol. The lowest BCUT2D eigenvalue weighted by atomic mass is 9.81. The zero-order valence-corrected chi connectivity index (χ0v) is 14.1. The van der Waals surface area contributed by atoms with Gasteiger partial charge in [-0.05, 0) is 47.9 Å². The first-order valence-electron chi connectivity index (χ1n) is 6.30. The largest absolute Gasteiger partial charge is 0.111 e. The molecule has 0 aliphatic heterocycles. The van der Waals surface area contributed by atoms with Crippen molar-refractivity contribution >= 4 is 50.5 Å². The fourth-order valence-corrected chi connectivity index (χ4v) is 5.42.